The number of ether oxygens (including phenoxy) is 1. The number of carbonyl (C=O) groups excluding carboxylic acids is 1. The van der Waals surface area contributed by atoms with Crippen molar-refractivity contribution in [2.24, 2.45) is 0 Å². The summed E-state index contributed by atoms with van der Waals surface area (Å²) < 4.78 is 4.64. The molecular formula is C12H17N3O2S2. The van der Waals surface area contributed by atoms with E-state index in [9.17, 15) is 4.79 Å². The molecule has 1 aromatic heterocycles. The van der Waals surface area contributed by atoms with Crippen molar-refractivity contribution in [3.05, 3.63) is 17.6 Å². The molecule has 104 valence electrons. The molecule has 1 fully saturated rings. The van der Waals surface area contributed by atoms with E-state index in [4.69, 9.17) is 0 Å². The Balaban J connectivity index is 1.99. The van der Waals surface area contributed by atoms with Gasteiger partial charge < -0.3 is 10.1 Å². The van der Waals surface area contributed by atoms with E-state index in [1.54, 1.807) is 0 Å². The van der Waals surface area contributed by atoms with Crippen LogP contribution < -0.4 is 5.32 Å². The van der Waals surface area contributed by atoms with Crippen LogP contribution >= 0.6 is 23.5 Å². The van der Waals surface area contributed by atoms with E-state index in [1.165, 1.54) is 18.6 Å². The van der Waals surface area contributed by atoms with Crippen LogP contribution in [-0.4, -0.2) is 52.1 Å². The Labute approximate surface area is 121 Å². The molecule has 1 atom stereocenters. The summed E-state index contributed by atoms with van der Waals surface area (Å²) in [6, 6.07) is 1.84. The lowest BCUT2D eigenvalue weighted by Gasteiger charge is -2.21. The number of nitrogens with zero attached hydrogens (tertiary/aromatic N) is 2. The van der Waals surface area contributed by atoms with Gasteiger partial charge in [-0.25, -0.2) is 14.8 Å². The predicted octanol–water partition coefficient (Wildman–Crippen LogP) is 1.83. The van der Waals surface area contributed by atoms with Crippen LogP contribution in [0, 0.1) is 6.92 Å². The second kappa shape index (κ2) is 7.00. The summed E-state index contributed by atoms with van der Waals surface area (Å²) in [5.41, 5.74) is 0.753. The molecule has 2 rings (SSSR count). The Kier molecular flexibility index (Phi) is 5.33. The molecule has 0 aromatic carbocycles. The van der Waals surface area contributed by atoms with Crippen molar-refractivity contribution in [3.8, 4) is 0 Å². The van der Waals surface area contributed by atoms with Crippen LogP contribution in [0.1, 0.15) is 16.3 Å². The molecule has 1 unspecified atom stereocenters. The fraction of sp³-hybridized carbons (Fsp3) is 0.583. The summed E-state index contributed by atoms with van der Waals surface area (Å²) in [6.07, 6.45) is 0. The first-order valence-electron chi connectivity index (χ1n) is 6.06. The molecule has 1 N–H and O–H groups in total. The van der Waals surface area contributed by atoms with Crippen LogP contribution in [0.2, 0.25) is 0 Å². The van der Waals surface area contributed by atoms with Gasteiger partial charge in [0.05, 0.1) is 7.11 Å². The van der Waals surface area contributed by atoms with Gasteiger partial charge in [-0.15, -0.1) is 0 Å². The summed E-state index contributed by atoms with van der Waals surface area (Å²) in [5, 5.41) is 3.87. The van der Waals surface area contributed by atoms with Gasteiger partial charge in [-0.2, -0.15) is 23.5 Å². The first-order valence-corrected chi connectivity index (χ1v) is 8.26. The molecule has 1 aromatic rings. The van der Waals surface area contributed by atoms with Gasteiger partial charge in [-0.1, -0.05) is 0 Å². The van der Waals surface area contributed by atoms with Gasteiger partial charge in [0.25, 0.3) is 0 Å². The minimum atomic E-state index is -0.505. The van der Waals surface area contributed by atoms with E-state index in [1.807, 2.05) is 36.5 Å². The molecule has 0 aliphatic carbocycles. The number of aryl methyl sites for hydroxylation is 1. The normalized spacial score (nSPS) is 18.9. The number of hydrogen-bond acceptors (Lipinski definition) is 7. The zero-order chi connectivity index (χ0) is 13.7. The topological polar surface area (TPSA) is 64.1 Å². The zero-order valence-corrected chi connectivity index (χ0v) is 12.6. The van der Waals surface area contributed by atoms with Gasteiger partial charge in [0.15, 0.2) is 0 Å². The predicted molar refractivity (Wildman–Crippen MR) is 80.2 cm³/mol. The van der Waals surface area contributed by atoms with Crippen LogP contribution in [0.15, 0.2) is 6.07 Å². The molecule has 0 bridgehead atoms. The molecule has 0 amide bonds. The SMILES string of the molecule is COC(=O)c1nc(C)cc(NCC2CSCCS2)n1. The maximum Gasteiger partial charge on any atom is 0.376 e. The van der Waals surface area contributed by atoms with Crippen molar-refractivity contribution in [1.82, 2.24) is 9.97 Å². The average Bonchev–Trinajstić information content (AvgIpc) is 2.45. The number of thioether (sulfide) groups is 2. The van der Waals surface area contributed by atoms with Crippen molar-refractivity contribution in [2.45, 2.75) is 12.2 Å². The standard InChI is InChI=1S/C12H17N3O2S2/c1-8-5-10(15-11(14-8)12(16)17-2)13-6-9-7-18-3-4-19-9/h5,9H,3-4,6-7H2,1-2H3,(H,13,14,15). The van der Waals surface area contributed by atoms with Crippen LogP contribution in [0.25, 0.3) is 0 Å². The second-order valence-electron chi connectivity index (χ2n) is 4.16. The summed E-state index contributed by atoms with van der Waals surface area (Å²) in [4.78, 5) is 19.7. The molecule has 2 heterocycles. The molecule has 0 spiro atoms. The number of aromatic nitrogens is 2. The molecular weight excluding hydrogens is 282 g/mol. The van der Waals surface area contributed by atoms with E-state index < -0.39 is 5.97 Å². The third kappa shape index (κ3) is 4.28. The number of methoxy groups -OCH3 is 1. The number of carbonyl (C=O) groups is 1. The van der Waals surface area contributed by atoms with Crippen LogP contribution in [0.4, 0.5) is 5.82 Å². The van der Waals surface area contributed by atoms with Crippen molar-refractivity contribution < 1.29 is 9.53 Å². The summed E-state index contributed by atoms with van der Waals surface area (Å²) in [7, 11) is 1.33. The first kappa shape index (κ1) is 14.5. The zero-order valence-electron chi connectivity index (χ0n) is 11.0. The molecule has 19 heavy (non-hydrogen) atoms. The maximum absolute atomic E-state index is 11.4. The molecule has 0 radical (unpaired) electrons. The first-order chi connectivity index (χ1) is 9.19. The molecule has 1 aliphatic heterocycles. The highest BCUT2D eigenvalue weighted by Crippen LogP contribution is 2.24. The van der Waals surface area contributed by atoms with Crippen molar-refractivity contribution in [2.75, 3.05) is 36.2 Å². The summed E-state index contributed by atoms with van der Waals surface area (Å²) in [5.74, 6) is 3.88. The molecule has 0 saturated carbocycles. The van der Waals surface area contributed by atoms with Crippen molar-refractivity contribution in [1.29, 1.82) is 0 Å². The highest BCUT2D eigenvalue weighted by atomic mass is 32.2. The van der Waals surface area contributed by atoms with Crippen molar-refractivity contribution in [3.63, 3.8) is 0 Å². The fourth-order valence-electron chi connectivity index (χ4n) is 1.71. The Hall–Kier alpha value is -0.950. The molecule has 7 heteroatoms. The minimum absolute atomic E-state index is 0.107. The lowest BCUT2D eigenvalue weighted by atomic mass is 10.4. The average molecular weight is 299 g/mol. The van der Waals surface area contributed by atoms with E-state index in [0.717, 1.165) is 18.0 Å². The third-order valence-corrected chi connectivity index (χ3v) is 5.46. The van der Waals surface area contributed by atoms with Gasteiger partial charge in [0, 0.05) is 40.8 Å². The van der Waals surface area contributed by atoms with E-state index in [-0.39, 0.29) is 5.82 Å². The quantitative estimate of drug-likeness (QED) is 0.851. The number of anilines is 1. The third-order valence-electron chi connectivity index (χ3n) is 2.62. The smallest absolute Gasteiger partial charge is 0.376 e. The largest absolute Gasteiger partial charge is 0.463 e. The summed E-state index contributed by atoms with van der Waals surface area (Å²) in [6.45, 7) is 2.69. The van der Waals surface area contributed by atoms with Gasteiger partial charge in [-0.3, -0.25) is 0 Å². The highest BCUT2D eigenvalue weighted by Gasteiger charge is 2.15. The fourth-order valence-corrected chi connectivity index (χ4v) is 4.33. The number of hydrogen-bond donors (Lipinski definition) is 1. The van der Waals surface area contributed by atoms with E-state index in [2.05, 4.69) is 20.0 Å². The second-order valence-corrected chi connectivity index (χ2v) is 6.72. The lowest BCUT2D eigenvalue weighted by Crippen LogP contribution is -2.24. The van der Waals surface area contributed by atoms with Gasteiger partial charge in [0.2, 0.25) is 5.82 Å². The van der Waals surface area contributed by atoms with Crippen LogP contribution in [0.3, 0.4) is 0 Å². The number of esters is 1. The van der Waals surface area contributed by atoms with Crippen LogP contribution in [0.5, 0.6) is 0 Å². The Bertz CT molecular complexity index is 451. The van der Waals surface area contributed by atoms with Crippen LogP contribution in [-0.2, 0) is 4.74 Å². The van der Waals surface area contributed by atoms with Crippen molar-refractivity contribution >= 4 is 35.3 Å². The Morgan fingerprint density at radius 3 is 3.05 bits per heavy atom. The minimum Gasteiger partial charge on any atom is -0.463 e. The number of nitrogens with one attached hydrogen (secondary N) is 1. The molecule has 5 nitrogen and oxygen atoms in total. The Morgan fingerprint density at radius 1 is 1.53 bits per heavy atom. The Morgan fingerprint density at radius 2 is 2.37 bits per heavy atom. The van der Waals surface area contributed by atoms with Gasteiger partial charge in [0.1, 0.15) is 5.82 Å². The highest BCUT2D eigenvalue weighted by molar-refractivity contribution is 8.06. The maximum atomic E-state index is 11.4. The monoisotopic (exact) mass is 299 g/mol. The molecule has 1 aliphatic rings. The van der Waals surface area contributed by atoms with E-state index >= 15 is 0 Å². The lowest BCUT2D eigenvalue weighted by molar-refractivity contribution is 0.0586. The number of rotatable bonds is 4. The van der Waals surface area contributed by atoms with E-state index in [0.29, 0.717) is 11.1 Å². The molecule has 1 saturated heterocycles. The van der Waals surface area contributed by atoms with Gasteiger partial charge in [-0.05, 0) is 6.92 Å². The van der Waals surface area contributed by atoms with Gasteiger partial charge >= 0.3 is 5.97 Å². The summed E-state index contributed by atoms with van der Waals surface area (Å²) >= 11 is 3.97.